The Balaban J connectivity index is 2.13. The summed E-state index contributed by atoms with van der Waals surface area (Å²) in [6, 6.07) is 1.47. The van der Waals surface area contributed by atoms with Gasteiger partial charge in [-0.15, -0.1) is 0 Å². The molecule has 3 heteroatoms. The van der Waals surface area contributed by atoms with Gasteiger partial charge in [0.2, 0.25) is 0 Å². The van der Waals surface area contributed by atoms with Crippen LogP contribution >= 0.6 is 0 Å². The maximum Gasteiger partial charge on any atom is 0.194 e. The zero-order valence-electron chi connectivity index (χ0n) is 13.5. The zero-order valence-corrected chi connectivity index (χ0v) is 13.5. The average Bonchev–Trinajstić information content (AvgIpc) is 2.50. The van der Waals surface area contributed by atoms with Gasteiger partial charge >= 0.3 is 0 Å². The molecule has 0 aromatic heterocycles. The number of rotatable bonds is 4. The molecule has 0 unspecified atom stereocenters. The molecule has 0 saturated heterocycles. The van der Waals surface area contributed by atoms with Crippen LogP contribution in [-0.2, 0) is 0 Å². The lowest BCUT2D eigenvalue weighted by Gasteiger charge is -2.43. The molecule has 0 amide bonds. The summed E-state index contributed by atoms with van der Waals surface area (Å²) in [4.78, 5) is 7.50. The summed E-state index contributed by atoms with van der Waals surface area (Å²) in [6.07, 6.45) is 13.9. The quantitative estimate of drug-likeness (QED) is 0.623. The summed E-state index contributed by atoms with van der Waals surface area (Å²) in [7, 11) is 0. The molecule has 2 saturated carbocycles. The Morgan fingerprint density at radius 3 is 1.80 bits per heavy atom. The third-order valence-corrected chi connectivity index (χ3v) is 4.82. The molecule has 0 aromatic carbocycles. The molecule has 116 valence electrons. The van der Waals surface area contributed by atoms with Gasteiger partial charge in [0.25, 0.3) is 0 Å². The second-order valence-corrected chi connectivity index (χ2v) is 6.32. The van der Waals surface area contributed by atoms with Crippen molar-refractivity contribution < 1.29 is 0 Å². The van der Waals surface area contributed by atoms with Crippen LogP contribution in [0.15, 0.2) is 4.99 Å². The van der Waals surface area contributed by atoms with Crippen molar-refractivity contribution in [3.8, 4) is 0 Å². The Morgan fingerprint density at radius 1 is 0.900 bits per heavy atom. The van der Waals surface area contributed by atoms with Crippen LogP contribution in [0.5, 0.6) is 0 Å². The van der Waals surface area contributed by atoms with Gasteiger partial charge in [-0.1, -0.05) is 38.5 Å². The van der Waals surface area contributed by atoms with E-state index in [1.807, 2.05) is 0 Å². The molecule has 20 heavy (non-hydrogen) atoms. The summed E-state index contributed by atoms with van der Waals surface area (Å²) in [5, 5.41) is 3.55. The first-order valence-electron chi connectivity index (χ1n) is 8.93. The zero-order chi connectivity index (χ0) is 14.2. The summed E-state index contributed by atoms with van der Waals surface area (Å²) in [5.41, 5.74) is 0. The van der Waals surface area contributed by atoms with Crippen molar-refractivity contribution in [2.24, 2.45) is 4.99 Å². The van der Waals surface area contributed by atoms with Crippen molar-refractivity contribution in [3.63, 3.8) is 0 Å². The highest BCUT2D eigenvalue weighted by molar-refractivity contribution is 5.80. The number of guanidine groups is 1. The van der Waals surface area contributed by atoms with E-state index in [0.717, 1.165) is 25.2 Å². The molecular weight excluding hydrogens is 246 g/mol. The molecule has 2 fully saturated rings. The van der Waals surface area contributed by atoms with E-state index in [9.17, 15) is 0 Å². The Labute approximate surface area is 125 Å². The molecule has 0 radical (unpaired) electrons. The molecule has 3 nitrogen and oxygen atoms in total. The van der Waals surface area contributed by atoms with Crippen molar-refractivity contribution in [1.82, 2.24) is 10.2 Å². The standard InChI is InChI=1S/C17H33N3/c1-3-18-17(19-4-2)20(15-11-7-5-8-12-15)16-13-9-6-10-14-16/h15-16H,3-14H2,1-2H3,(H,18,19). The van der Waals surface area contributed by atoms with E-state index in [0.29, 0.717) is 0 Å². The van der Waals surface area contributed by atoms with Crippen LogP contribution in [0.3, 0.4) is 0 Å². The van der Waals surface area contributed by atoms with Gasteiger partial charge < -0.3 is 10.2 Å². The summed E-state index contributed by atoms with van der Waals surface area (Å²) >= 11 is 0. The first kappa shape index (κ1) is 15.7. The van der Waals surface area contributed by atoms with Gasteiger partial charge in [-0.2, -0.15) is 0 Å². The van der Waals surface area contributed by atoms with E-state index in [4.69, 9.17) is 4.99 Å². The maximum absolute atomic E-state index is 4.80. The van der Waals surface area contributed by atoms with Crippen LogP contribution in [0, 0.1) is 0 Å². The van der Waals surface area contributed by atoms with Crippen LogP contribution in [0.25, 0.3) is 0 Å². The lowest BCUT2D eigenvalue weighted by Crippen LogP contribution is -2.53. The lowest BCUT2D eigenvalue weighted by molar-refractivity contribution is 0.152. The van der Waals surface area contributed by atoms with Crippen molar-refractivity contribution in [2.75, 3.05) is 13.1 Å². The van der Waals surface area contributed by atoms with Crippen LogP contribution in [-0.4, -0.2) is 36.0 Å². The van der Waals surface area contributed by atoms with Crippen LogP contribution in [0.4, 0.5) is 0 Å². The largest absolute Gasteiger partial charge is 0.356 e. The molecule has 0 aliphatic heterocycles. The normalized spacial score (nSPS) is 22.8. The molecular formula is C17H33N3. The van der Waals surface area contributed by atoms with E-state index >= 15 is 0 Å². The minimum Gasteiger partial charge on any atom is -0.356 e. The Kier molecular flexibility index (Phi) is 6.68. The molecule has 0 heterocycles. The molecule has 2 aliphatic rings. The minimum atomic E-state index is 0.733. The fourth-order valence-electron chi connectivity index (χ4n) is 3.90. The smallest absolute Gasteiger partial charge is 0.194 e. The van der Waals surface area contributed by atoms with Gasteiger partial charge in [-0.25, -0.2) is 0 Å². The van der Waals surface area contributed by atoms with Crippen LogP contribution in [0.1, 0.15) is 78.1 Å². The number of nitrogens with zero attached hydrogens (tertiary/aromatic N) is 2. The molecule has 0 spiro atoms. The first-order valence-corrected chi connectivity index (χ1v) is 8.93. The van der Waals surface area contributed by atoms with Gasteiger partial charge in [0.1, 0.15) is 0 Å². The molecule has 0 atom stereocenters. The molecule has 1 N–H and O–H groups in total. The Bertz CT molecular complexity index is 271. The van der Waals surface area contributed by atoms with Gasteiger partial charge in [-0.05, 0) is 39.5 Å². The Hall–Kier alpha value is -0.730. The third-order valence-electron chi connectivity index (χ3n) is 4.82. The summed E-state index contributed by atoms with van der Waals surface area (Å²) in [6.45, 7) is 6.20. The van der Waals surface area contributed by atoms with E-state index in [1.54, 1.807) is 0 Å². The van der Waals surface area contributed by atoms with Crippen molar-refractivity contribution in [3.05, 3.63) is 0 Å². The van der Waals surface area contributed by atoms with E-state index in [-0.39, 0.29) is 0 Å². The monoisotopic (exact) mass is 279 g/mol. The molecule has 0 bridgehead atoms. The topological polar surface area (TPSA) is 27.6 Å². The highest BCUT2D eigenvalue weighted by Crippen LogP contribution is 2.30. The Morgan fingerprint density at radius 2 is 1.40 bits per heavy atom. The highest BCUT2D eigenvalue weighted by atomic mass is 15.3. The third kappa shape index (κ3) is 4.13. The number of aliphatic imine (C=N–C) groups is 1. The van der Waals surface area contributed by atoms with Gasteiger partial charge in [0.05, 0.1) is 0 Å². The highest BCUT2D eigenvalue weighted by Gasteiger charge is 2.30. The molecule has 0 aromatic rings. The number of nitrogens with one attached hydrogen (secondary N) is 1. The second kappa shape index (κ2) is 8.53. The first-order chi connectivity index (χ1) is 9.86. The van der Waals surface area contributed by atoms with E-state index in [2.05, 4.69) is 24.1 Å². The number of hydrogen-bond acceptors (Lipinski definition) is 1. The fourth-order valence-corrected chi connectivity index (χ4v) is 3.90. The van der Waals surface area contributed by atoms with Crippen LogP contribution < -0.4 is 5.32 Å². The second-order valence-electron chi connectivity index (χ2n) is 6.32. The average molecular weight is 279 g/mol. The van der Waals surface area contributed by atoms with Crippen LogP contribution in [0.2, 0.25) is 0 Å². The summed E-state index contributed by atoms with van der Waals surface area (Å²) < 4.78 is 0. The minimum absolute atomic E-state index is 0.733. The van der Waals surface area contributed by atoms with Crippen molar-refractivity contribution in [1.29, 1.82) is 0 Å². The van der Waals surface area contributed by atoms with E-state index < -0.39 is 0 Å². The lowest BCUT2D eigenvalue weighted by atomic mass is 9.89. The van der Waals surface area contributed by atoms with Gasteiger partial charge in [0.15, 0.2) is 5.96 Å². The fraction of sp³-hybridized carbons (Fsp3) is 0.941. The van der Waals surface area contributed by atoms with Crippen molar-refractivity contribution >= 4 is 5.96 Å². The van der Waals surface area contributed by atoms with E-state index in [1.165, 1.54) is 70.2 Å². The molecule has 2 aliphatic carbocycles. The predicted molar refractivity (Wildman–Crippen MR) is 87.2 cm³/mol. The predicted octanol–water partition coefficient (Wildman–Crippen LogP) is 3.94. The molecule has 2 rings (SSSR count). The van der Waals surface area contributed by atoms with Crippen molar-refractivity contribution in [2.45, 2.75) is 90.1 Å². The summed E-state index contributed by atoms with van der Waals surface area (Å²) in [5.74, 6) is 1.19. The SMILES string of the molecule is CCN=C(NCC)N(C1CCCCC1)C1CCCCC1. The maximum atomic E-state index is 4.80. The van der Waals surface area contributed by atoms with Gasteiger partial charge in [-0.3, -0.25) is 4.99 Å². The number of hydrogen-bond donors (Lipinski definition) is 1. The van der Waals surface area contributed by atoms with Gasteiger partial charge in [0, 0.05) is 25.2 Å².